The molecule has 5 nitrogen and oxygen atoms in total. The quantitative estimate of drug-likeness (QED) is 0.677. The molecule has 0 unspecified atom stereocenters. The fourth-order valence-corrected chi connectivity index (χ4v) is 2.52. The Bertz CT molecular complexity index is 439. The molecule has 0 amide bonds. The van der Waals surface area contributed by atoms with Crippen molar-refractivity contribution in [3.8, 4) is 0 Å². The maximum atomic E-state index is 11.7. The molecule has 0 atom stereocenters. The fourth-order valence-electron chi connectivity index (χ4n) is 2.27. The van der Waals surface area contributed by atoms with Crippen LogP contribution in [0.25, 0.3) is 0 Å². The van der Waals surface area contributed by atoms with E-state index >= 15 is 0 Å². The number of furan rings is 1. The monoisotopic (exact) mass is 296 g/mol. The van der Waals surface area contributed by atoms with E-state index in [1.54, 1.807) is 6.26 Å². The molecule has 20 heavy (non-hydrogen) atoms. The maximum Gasteiger partial charge on any atom is 0.309 e. The van der Waals surface area contributed by atoms with E-state index in [0.717, 1.165) is 31.7 Å². The van der Waals surface area contributed by atoms with Crippen LogP contribution in [-0.2, 0) is 16.1 Å². The zero-order valence-electron chi connectivity index (χ0n) is 11.6. The molecule has 1 aromatic heterocycles. The Morgan fingerprint density at radius 1 is 1.55 bits per heavy atom. The van der Waals surface area contributed by atoms with Crippen LogP contribution in [0.3, 0.4) is 0 Å². The van der Waals surface area contributed by atoms with Gasteiger partial charge in [-0.1, -0.05) is 0 Å². The summed E-state index contributed by atoms with van der Waals surface area (Å²) in [5.74, 6) is 0.787. The van der Waals surface area contributed by atoms with Crippen molar-refractivity contribution in [2.45, 2.75) is 26.3 Å². The van der Waals surface area contributed by atoms with Crippen LogP contribution in [-0.4, -0.2) is 35.7 Å². The predicted octanol–water partition coefficient (Wildman–Crippen LogP) is 1.93. The summed E-state index contributed by atoms with van der Waals surface area (Å²) in [6, 6.07) is 3.76. The molecule has 1 saturated heterocycles. The molecule has 1 N–H and O–H groups in total. The Morgan fingerprint density at radius 2 is 2.30 bits per heavy atom. The number of thiocarbonyl (C=S) groups is 1. The number of piperidine rings is 1. The van der Waals surface area contributed by atoms with Crippen molar-refractivity contribution in [1.29, 1.82) is 0 Å². The summed E-state index contributed by atoms with van der Waals surface area (Å²) in [5.41, 5.74) is 0. The zero-order chi connectivity index (χ0) is 14.4. The molecule has 0 saturated carbocycles. The summed E-state index contributed by atoms with van der Waals surface area (Å²) < 4.78 is 10.3. The van der Waals surface area contributed by atoms with Crippen molar-refractivity contribution in [2.24, 2.45) is 5.92 Å². The zero-order valence-corrected chi connectivity index (χ0v) is 12.4. The van der Waals surface area contributed by atoms with E-state index in [2.05, 4.69) is 10.2 Å². The first-order chi connectivity index (χ1) is 9.70. The summed E-state index contributed by atoms with van der Waals surface area (Å²) in [6.45, 7) is 4.44. The van der Waals surface area contributed by atoms with E-state index in [4.69, 9.17) is 21.4 Å². The van der Waals surface area contributed by atoms with Gasteiger partial charge >= 0.3 is 5.97 Å². The van der Waals surface area contributed by atoms with E-state index in [-0.39, 0.29) is 11.9 Å². The Kier molecular flexibility index (Phi) is 5.40. The summed E-state index contributed by atoms with van der Waals surface area (Å²) in [4.78, 5) is 13.7. The minimum atomic E-state index is -0.0818. The van der Waals surface area contributed by atoms with E-state index in [0.29, 0.717) is 18.3 Å². The average Bonchev–Trinajstić information content (AvgIpc) is 2.98. The Hall–Kier alpha value is -1.56. The average molecular weight is 296 g/mol. The van der Waals surface area contributed by atoms with Gasteiger partial charge in [-0.3, -0.25) is 4.79 Å². The van der Waals surface area contributed by atoms with Crippen molar-refractivity contribution >= 4 is 23.3 Å². The van der Waals surface area contributed by atoms with Crippen molar-refractivity contribution in [3.63, 3.8) is 0 Å². The summed E-state index contributed by atoms with van der Waals surface area (Å²) in [5, 5.41) is 3.88. The predicted molar refractivity (Wildman–Crippen MR) is 79.1 cm³/mol. The molecule has 1 fully saturated rings. The molecule has 2 rings (SSSR count). The fraction of sp³-hybridized carbons (Fsp3) is 0.571. The van der Waals surface area contributed by atoms with Gasteiger partial charge < -0.3 is 19.4 Å². The highest BCUT2D eigenvalue weighted by molar-refractivity contribution is 7.80. The van der Waals surface area contributed by atoms with E-state index < -0.39 is 0 Å². The Labute approximate surface area is 124 Å². The molecule has 0 spiro atoms. The molecule has 0 bridgehead atoms. The minimum Gasteiger partial charge on any atom is -0.467 e. The molecule has 0 aromatic carbocycles. The van der Waals surface area contributed by atoms with Gasteiger partial charge in [0.2, 0.25) is 0 Å². The number of rotatable bonds is 4. The normalized spacial score (nSPS) is 15.9. The topological polar surface area (TPSA) is 54.7 Å². The number of hydrogen-bond donors (Lipinski definition) is 1. The maximum absolute atomic E-state index is 11.7. The number of likely N-dealkylation sites (tertiary alicyclic amines) is 1. The molecule has 1 aromatic rings. The van der Waals surface area contributed by atoms with Gasteiger partial charge in [-0.05, 0) is 44.1 Å². The molecule has 1 aliphatic heterocycles. The number of carbonyl (C=O) groups is 1. The molecule has 0 aliphatic carbocycles. The lowest BCUT2D eigenvalue weighted by Gasteiger charge is -2.32. The summed E-state index contributed by atoms with van der Waals surface area (Å²) in [6.07, 6.45) is 3.23. The van der Waals surface area contributed by atoms with Gasteiger partial charge in [0.15, 0.2) is 5.11 Å². The number of hydrogen-bond acceptors (Lipinski definition) is 4. The van der Waals surface area contributed by atoms with Crippen LogP contribution in [0, 0.1) is 5.92 Å². The van der Waals surface area contributed by atoms with E-state index in [9.17, 15) is 4.79 Å². The van der Waals surface area contributed by atoms with Crippen molar-refractivity contribution < 1.29 is 13.9 Å². The lowest BCUT2D eigenvalue weighted by Crippen LogP contribution is -2.45. The Balaban J connectivity index is 1.73. The summed E-state index contributed by atoms with van der Waals surface area (Å²) >= 11 is 5.36. The third kappa shape index (κ3) is 3.96. The largest absolute Gasteiger partial charge is 0.467 e. The molecule has 2 heterocycles. The number of ether oxygens (including phenoxy) is 1. The van der Waals surface area contributed by atoms with Crippen LogP contribution in [0.15, 0.2) is 22.8 Å². The van der Waals surface area contributed by atoms with Gasteiger partial charge in [-0.15, -0.1) is 0 Å². The van der Waals surface area contributed by atoms with Crippen molar-refractivity contribution in [1.82, 2.24) is 10.2 Å². The molecule has 6 heteroatoms. The number of nitrogens with one attached hydrogen (secondary N) is 1. The van der Waals surface area contributed by atoms with Crippen molar-refractivity contribution in [3.05, 3.63) is 24.2 Å². The van der Waals surface area contributed by atoms with Crippen molar-refractivity contribution in [2.75, 3.05) is 19.7 Å². The highest BCUT2D eigenvalue weighted by atomic mass is 32.1. The first kappa shape index (κ1) is 14.8. The molecule has 0 radical (unpaired) electrons. The Morgan fingerprint density at radius 3 is 2.90 bits per heavy atom. The third-order valence-electron chi connectivity index (χ3n) is 3.40. The lowest BCUT2D eigenvalue weighted by atomic mass is 9.97. The number of carbonyl (C=O) groups excluding carboxylic acids is 1. The smallest absolute Gasteiger partial charge is 0.309 e. The van der Waals surface area contributed by atoms with Crippen LogP contribution < -0.4 is 5.32 Å². The second-order valence-electron chi connectivity index (χ2n) is 4.75. The third-order valence-corrected chi connectivity index (χ3v) is 3.80. The van der Waals surface area contributed by atoms with Gasteiger partial charge in [-0.2, -0.15) is 0 Å². The lowest BCUT2D eigenvalue weighted by molar-refractivity contribution is -0.149. The van der Waals surface area contributed by atoms with Gasteiger partial charge in [-0.25, -0.2) is 0 Å². The van der Waals surface area contributed by atoms with Gasteiger partial charge in [0.1, 0.15) is 5.76 Å². The first-order valence-electron chi connectivity index (χ1n) is 6.92. The molecular formula is C14H20N2O3S. The second kappa shape index (κ2) is 7.28. The van der Waals surface area contributed by atoms with Crippen LogP contribution in [0.5, 0.6) is 0 Å². The second-order valence-corrected chi connectivity index (χ2v) is 5.14. The highest BCUT2D eigenvalue weighted by Gasteiger charge is 2.26. The van der Waals surface area contributed by atoms with Crippen LogP contribution >= 0.6 is 12.2 Å². The van der Waals surface area contributed by atoms with Gasteiger partial charge in [0, 0.05) is 13.1 Å². The number of nitrogens with zero attached hydrogens (tertiary/aromatic N) is 1. The van der Waals surface area contributed by atoms with Gasteiger partial charge in [0.25, 0.3) is 0 Å². The first-order valence-corrected chi connectivity index (χ1v) is 7.33. The van der Waals surface area contributed by atoms with Gasteiger partial charge in [0.05, 0.1) is 25.3 Å². The standard InChI is InChI=1S/C14H20N2O3S/c1-2-18-13(17)11-5-7-16(8-6-11)14(20)15-10-12-4-3-9-19-12/h3-4,9,11H,2,5-8,10H2,1H3,(H,15,20). The molecular weight excluding hydrogens is 276 g/mol. The minimum absolute atomic E-state index is 0.0130. The van der Waals surface area contributed by atoms with Crippen LogP contribution in [0.4, 0.5) is 0 Å². The van der Waals surface area contributed by atoms with E-state index in [1.807, 2.05) is 19.1 Å². The number of esters is 1. The van der Waals surface area contributed by atoms with E-state index in [1.165, 1.54) is 0 Å². The molecule has 1 aliphatic rings. The molecule has 110 valence electrons. The van der Waals surface area contributed by atoms with Crippen LogP contribution in [0.2, 0.25) is 0 Å². The highest BCUT2D eigenvalue weighted by Crippen LogP contribution is 2.18. The summed E-state index contributed by atoms with van der Waals surface area (Å²) in [7, 11) is 0. The van der Waals surface area contributed by atoms with Crippen LogP contribution in [0.1, 0.15) is 25.5 Å². The SMILES string of the molecule is CCOC(=O)C1CCN(C(=S)NCc2ccco2)CC1.